The van der Waals surface area contributed by atoms with Crippen molar-refractivity contribution >= 4 is 17.0 Å². The molecule has 1 saturated heterocycles. The van der Waals surface area contributed by atoms with Crippen LogP contribution in [0.25, 0.3) is 22.2 Å². The smallest absolute Gasteiger partial charge is 0.223 e. The summed E-state index contributed by atoms with van der Waals surface area (Å²) in [4.78, 5) is 19.6. The molecule has 0 bridgehead atoms. The Bertz CT molecular complexity index is 964. The number of nitrogens with zero attached hydrogens (tertiary/aromatic N) is 2. The van der Waals surface area contributed by atoms with E-state index in [1.54, 1.807) is 0 Å². The number of rotatable bonds is 9. The van der Waals surface area contributed by atoms with Gasteiger partial charge in [0, 0.05) is 13.0 Å². The number of unbranched alkanes of at least 4 members (excludes halogenated alkanes) is 5. The summed E-state index contributed by atoms with van der Waals surface area (Å²) in [6.07, 6.45) is 9.79. The molecule has 4 heteroatoms. The van der Waals surface area contributed by atoms with Crippen molar-refractivity contribution in [1.29, 1.82) is 0 Å². The van der Waals surface area contributed by atoms with E-state index < -0.39 is 0 Å². The van der Waals surface area contributed by atoms with Gasteiger partial charge in [0.1, 0.15) is 11.6 Å². The van der Waals surface area contributed by atoms with E-state index in [0.29, 0.717) is 12.3 Å². The third-order valence-corrected chi connectivity index (χ3v) is 6.11. The van der Waals surface area contributed by atoms with Crippen molar-refractivity contribution in [1.82, 2.24) is 9.88 Å². The Hall–Kier alpha value is -2.62. The molecule has 2 heterocycles. The molecule has 0 saturated carbocycles. The van der Waals surface area contributed by atoms with Crippen LogP contribution >= 0.6 is 0 Å². The first-order chi connectivity index (χ1) is 14.8. The first-order valence-corrected chi connectivity index (χ1v) is 11.5. The maximum Gasteiger partial charge on any atom is 0.223 e. The van der Waals surface area contributed by atoms with Crippen LogP contribution in [0.3, 0.4) is 0 Å². The zero-order valence-electron chi connectivity index (χ0n) is 18.0. The summed E-state index contributed by atoms with van der Waals surface area (Å²) in [6, 6.07) is 16.4. The van der Waals surface area contributed by atoms with Gasteiger partial charge in [0.2, 0.25) is 11.8 Å². The van der Waals surface area contributed by atoms with Crippen molar-refractivity contribution in [3.05, 3.63) is 54.4 Å². The number of hydrogen-bond donors (Lipinski definition) is 0. The van der Waals surface area contributed by atoms with Gasteiger partial charge in [0.05, 0.1) is 0 Å². The Morgan fingerprint density at radius 3 is 2.67 bits per heavy atom. The second kappa shape index (κ2) is 9.92. The molecule has 0 N–H and O–H groups in total. The van der Waals surface area contributed by atoms with E-state index in [2.05, 4.69) is 31.2 Å². The number of amides is 1. The highest BCUT2D eigenvalue weighted by Gasteiger charge is 2.33. The van der Waals surface area contributed by atoms with Crippen LogP contribution in [-0.4, -0.2) is 22.3 Å². The molecule has 1 aliphatic rings. The maximum absolute atomic E-state index is 12.8. The molecule has 0 aliphatic carbocycles. The molecule has 1 amide bonds. The standard InChI is InChI=1S/C26H32N2O2/c1-2-3-4-5-6-10-15-25(29)28-18-11-14-23(28)26-27-22-19-21(16-17-24(22)30-26)20-12-8-7-9-13-20/h7-9,12-13,16-17,19,23H,2-6,10-11,14-15,18H2,1H3. The summed E-state index contributed by atoms with van der Waals surface area (Å²) in [7, 11) is 0. The summed E-state index contributed by atoms with van der Waals surface area (Å²) in [5.41, 5.74) is 3.95. The molecule has 1 atom stereocenters. The monoisotopic (exact) mass is 404 g/mol. The molecular formula is C26H32N2O2. The van der Waals surface area contributed by atoms with Crippen LogP contribution in [0, 0.1) is 0 Å². The SMILES string of the molecule is CCCCCCCCC(=O)N1CCCC1c1nc2cc(-c3ccccc3)ccc2o1. The average Bonchev–Trinajstić information content (AvgIpc) is 3.43. The lowest BCUT2D eigenvalue weighted by Crippen LogP contribution is -2.30. The number of carbonyl (C=O) groups excluding carboxylic acids is 1. The highest BCUT2D eigenvalue weighted by Crippen LogP contribution is 2.35. The summed E-state index contributed by atoms with van der Waals surface area (Å²) in [6.45, 7) is 3.04. The zero-order chi connectivity index (χ0) is 20.8. The molecule has 3 aromatic rings. The minimum atomic E-state index is -0.0230. The zero-order valence-corrected chi connectivity index (χ0v) is 18.0. The van der Waals surface area contributed by atoms with Gasteiger partial charge < -0.3 is 9.32 Å². The molecule has 2 aromatic carbocycles. The molecule has 158 valence electrons. The molecule has 0 radical (unpaired) electrons. The number of hydrogen-bond acceptors (Lipinski definition) is 3. The fraction of sp³-hybridized carbons (Fsp3) is 0.462. The average molecular weight is 405 g/mol. The number of aromatic nitrogens is 1. The van der Waals surface area contributed by atoms with Gasteiger partial charge in [-0.25, -0.2) is 4.98 Å². The summed E-state index contributed by atoms with van der Waals surface area (Å²) >= 11 is 0. The first kappa shape index (κ1) is 20.6. The summed E-state index contributed by atoms with van der Waals surface area (Å²) < 4.78 is 6.09. The van der Waals surface area contributed by atoms with Crippen LogP contribution in [0.4, 0.5) is 0 Å². The molecule has 1 fully saturated rings. The first-order valence-electron chi connectivity index (χ1n) is 11.5. The summed E-state index contributed by atoms with van der Waals surface area (Å²) in [5.74, 6) is 0.934. The van der Waals surface area contributed by atoms with Crippen molar-refractivity contribution in [2.75, 3.05) is 6.54 Å². The van der Waals surface area contributed by atoms with Crippen molar-refractivity contribution in [3.63, 3.8) is 0 Å². The number of likely N-dealkylation sites (tertiary alicyclic amines) is 1. The van der Waals surface area contributed by atoms with Crippen LogP contribution in [0.15, 0.2) is 52.9 Å². The number of oxazole rings is 1. The van der Waals surface area contributed by atoms with E-state index in [0.717, 1.165) is 48.9 Å². The topological polar surface area (TPSA) is 46.3 Å². The fourth-order valence-corrected chi connectivity index (χ4v) is 4.42. The van der Waals surface area contributed by atoms with Crippen LogP contribution in [0.2, 0.25) is 0 Å². The molecule has 1 aliphatic heterocycles. The molecule has 30 heavy (non-hydrogen) atoms. The largest absolute Gasteiger partial charge is 0.438 e. The summed E-state index contributed by atoms with van der Waals surface area (Å²) in [5, 5.41) is 0. The van der Waals surface area contributed by atoms with Crippen molar-refractivity contribution in [3.8, 4) is 11.1 Å². The number of carbonyl (C=O) groups is 1. The van der Waals surface area contributed by atoms with E-state index in [1.807, 2.05) is 29.2 Å². The van der Waals surface area contributed by atoms with E-state index in [4.69, 9.17) is 9.40 Å². The normalized spacial score (nSPS) is 16.4. The van der Waals surface area contributed by atoms with Crippen LogP contribution in [0.5, 0.6) is 0 Å². The van der Waals surface area contributed by atoms with Crippen LogP contribution in [-0.2, 0) is 4.79 Å². The molecule has 0 spiro atoms. The van der Waals surface area contributed by atoms with Gasteiger partial charge in [-0.3, -0.25) is 4.79 Å². The van der Waals surface area contributed by atoms with Gasteiger partial charge in [0.25, 0.3) is 0 Å². The highest BCUT2D eigenvalue weighted by atomic mass is 16.3. The molecule has 1 unspecified atom stereocenters. The minimum absolute atomic E-state index is 0.0230. The third kappa shape index (κ3) is 4.75. The van der Waals surface area contributed by atoms with E-state index in [-0.39, 0.29) is 11.9 Å². The van der Waals surface area contributed by atoms with Crippen molar-refractivity contribution in [2.45, 2.75) is 70.8 Å². The van der Waals surface area contributed by atoms with Gasteiger partial charge in [-0.2, -0.15) is 0 Å². The Morgan fingerprint density at radius 1 is 1.03 bits per heavy atom. The van der Waals surface area contributed by atoms with Crippen LogP contribution < -0.4 is 0 Å². The second-order valence-electron chi connectivity index (χ2n) is 8.36. The Morgan fingerprint density at radius 2 is 1.83 bits per heavy atom. The Balaban J connectivity index is 1.42. The Labute approximate surface area is 179 Å². The molecule has 4 rings (SSSR count). The number of fused-ring (bicyclic) bond motifs is 1. The van der Waals surface area contributed by atoms with Gasteiger partial charge in [-0.1, -0.05) is 75.4 Å². The Kier molecular flexibility index (Phi) is 6.83. The molecule has 1 aromatic heterocycles. The second-order valence-corrected chi connectivity index (χ2v) is 8.36. The van der Waals surface area contributed by atoms with Gasteiger partial charge in [0.15, 0.2) is 5.58 Å². The van der Waals surface area contributed by atoms with Gasteiger partial charge in [-0.15, -0.1) is 0 Å². The lowest BCUT2D eigenvalue weighted by molar-refractivity contribution is -0.132. The van der Waals surface area contributed by atoms with E-state index in [9.17, 15) is 4.79 Å². The lowest BCUT2D eigenvalue weighted by atomic mass is 10.1. The molecule has 4 nitrogen and oxygen atoms in total. The predicted octanol–water partition coefficient (Wildman–Crippen LogP) is 6.91. The van der Waals surface area contributed by atoms with Gasteiger partial charge in [-0.05, 0) is 42.5 Å². The van der Waals surface area contributed by atoms with E-state index >= 15 is 0 Å². The molecular weight excluding hydrogens is 372 g/mol. The lowest BCUT2D eigenvalue weighted by Gasteiger charge is -2.22. The number of benzene rings is 2. The quantitative estimate of drug-likeness (QED) is 0.364. The van der Waals surface area contributed by atoms with Crippen molar-refractivity contribution < 1.29 is 9.21 Å². The third-order valence-electron chi connectivity index (χ3n) is 6.11. The fourth-order valence-electron chi connectivity index (χ4n) is 4.42. The van der Waals surface area contributed by atoms with Crippen LogP contribution in [0.1, 0.15) is 76.6 Å². The maximum atomic E-state index is 12.8. The minimum Gasteiger partial charge on any atom is -0.438 e. The predicted molar refractivity (Wildman–Crippen MR) is 121 cm³/mol. The van der Waals surface area contributed by atoms with Crippen molar-refractivity contribution in [2.24, 2.45) is 0 Å². The highest BCUT2D eigenvalue weighted by molar-refractivity contribution is 5.81. The van der Waals surface area contributed by atoms with Gasteiger partial charge >= 0.3 is 0 Å². The van der Waals surface area contributed by atoms with E-state index in [1.165, 1.54) is 31.2 Å².